The normalized spacial score (nSPS) is 16.8. The van der Waals surface area contributed by atoms with Crippen molar-refractivity contribution in [2.75, 3.05) is 18.4 Å². The fraction of sp³-hybridized carbons (Fsp3) is 0.667. The van der Waals surface area contributed by atoms with Crippen molar-refractivity contribution in [3.8, 4) is 0 Å². The van der Waals surface area contributed by atoms with Crippen molar-refractivity contribution in [3.63, 3.8) is 0 Å². The summed E-state index contributed by atoms with van der Waals surface area (Å²) in [5.41, 5.74) is -0.570. The van der Waals surface area contributed by atoms with Crippen molar-refractivity contribution in [2.45, 2.75) is 64.4 Å². The number of aromatic nitrogens is 1. The molecule has 0 aliphatic carbocycles. The van der Waals surface area contributed by atoms with Crippen LogP contribution in [-0.4, -0.2) is 48.2 Å². The largest absolute Gasteiger partial charge is 0.418 e. The predicted molar refractivity (Wildman–Crippen MR) is 104 cm³/mol. The second kappa shape index (κ2) is 8.10. The highest BCUT2D eigenvalue weighted by Gasteiger charge is 2.35. The third-order valence-electron chi connectivity index (χ3n) is 5.09. The molecular weight excluding hydrogens is 409 g/mol. The lowest BCUT2D eigenvalue weighted by atomic mass is 10.1. The Bertz CT molecular complexity index is 872. The molecule has 0 bridgehead atoms. The Labute approximate surface area is 169 Å². The lowest BCUT2D eigenvalue weighted by Gasteiger charge is -2.33. The van der Waals surface area contributed by atoms with Crippen molar-refractivity contribution < 1.29 is 26.4 Å². The Kier molecular flexibility index (Phi) is 6.53. The number of hydrogen-bond acceptors (Lipinski definition) is 4. The lowest BCUT2D eigenvalue weighted by Crippen LogP contribution is -2.50. The maximum atomic E-state index is 13.0. The number of pyridine rings is 1. The summed E-state index contributed by atoms with van der Waals surface area (Å²) in [5.74, 6) is 0.0797. The second-order valence-corrected chi connectivity index (χ2v) is 10.7. The van der Waals surface area contributed by atoms with Gasteiger partial charge in [-0.3, -0.25) is 5.32 Å². The SMILES string of the molecule is Cc1c(C(F)(F)F)cnc(NC(=O)N2CCC(NS(=O)(=O)C(C)(C)C)CC2)c1C. The van der Waals surface area contributed by atoms with Crippen LogP contribution in [0.2, 0.25) is 0 Å². The molecule has 164 valence electrons. The topological polar surface area (TPSA) is 91.4 Å². The summed E-state index contributed by atoms with van der Waals surface area (Å²) in [6.45, 7) is 8.28. The van der Waals surface area contributed by atoms with Gasteiger partial charge in [0.1, 0.15) is 5.82 Å². The lowest BCUT2D eigenvalue weighted by molar-refractivity contribution is -0.138. The molecule has 1 fully saturated rings. The molecule has 2 N–H and O–H groups in total. The average molecular weight is 437 g/mol. The number of rotatable bonds is 3. The minimum absolute atomic E-state index is 0.0121. The number of carbonyl (C=O) groups excluding carboxylic acids is 1. The van der Waals surface area contributed by atoms with Gasteiger partial charge in [-0.25, -0.2) is 22.9 Å². The first kappa shape index (κ1) is 23.4. The first-order valence-corrected chi connectivity index (χ1v) is 10.7. The van der Waals surface area contributed by atoms with Gasteiger partial charge < -0.3 is 4.90 Å². The number of carbonyl (C=O) groups is 1. The van der Waals surface area contributed by atoms with Crippen LogP contribution in [0.15, 0.2) is 6.20 Å². The number of piperidine rings is 1. The number of hydrogen-bond donors (Lipinski definition) is 2. The zero-order valence-corrected chi connectivity index (χ0v) is 18.0. The zero-order valence-electron chi connectivity index (χ0n) is 17.1. The fourth-order valence-electron chi connectivity index (χ4n) is 2.89. The van der Waals surface area contributed by atoms with Crippen LogP contribution in [0.25, 0.3) is 0 Å². The Morgan fingerprint density at radius 1 is 1.14 bits per heavy atom. The van der Waals surface area contributed by atoms with Crippen molar-refractivity contribution in [1.82, 2.24) is 14.6 Å². The Hall–Kier alpha value is -1.88. The van der Waals surface area contributed by atoms with E-state index < -0.39 is 32.5 Å². The third-order valence-corrected chi connectivity index (χ3v) is 7.34. The smallest absolute Gasteiger partial charge is 0.324 e. The maximum Gasteiger partial charge on any atom is 0.418 e. The van der Waals surface area contributed by atoms with Crippen molar-refractivity contribution in [1.29, 1.82) is 0 Å². The fourth-order valence-corrected chi connectivity index (χ4v) is 3.92. The number of alkyl halides is 3. The Morgan fingerprint density at radius 3 is 2.17 bits per heavy atom. The molecule has 0 aromatic carbocycles. The molecule has 1 aliphatic rings. The highest BCUT2D eigenvalue weighted by Crippen LogP contribution is 2.34. The summed E-state index contributed by atoms with van der Waals surface area (Å²) in [7, 11) is -3.48. The summed E-state index contributed by atoms with van der Waals surface area (Å²) in [4.78, 5) is 17.7. The summed E-state index contributed by atoms with van der Waals surface area (Å²) in [6.07, 6.45) is -2.90. The highest BCUT2D eigenvalue weighted by atomic mass is 32.2. The van der Waals surface area contributed by atoms with Crippen LogP contribution in [0.3, 0.4) is 0 Å². The number of halogens is 3. The molecule has 1 saturated heterocycles. The maximum absolute atomic E-state index is 13.0. The molecular formula is C18H27F3N4O3S. The monoisotopic (exact) mass is 436 g/mol. The van der Waals surface area contributed by atoms with E-state index in [1.165, 1.54) is 18.7 Å². The van der Waals surface area contributed by atoms with Crippen molar-refractivity contribution in [3.05, 3.63) is 22.9 Å². The highest BCUT2D eigenvalue weighted by molar-refractivity contribution is 7.90. The van der Waals surface area contributed by atoms with Gasteiger partial charge in [0, 0.05) is 25.3 Å². The van der Waals surface area contributed by atoms with E-state index in [0.29, 0.717) is 32.1 Å². The van der Waals surface area contributed by atoms with Crippen LogP contribution >= 0.6 is 0 Å². The van der Waals surface area contributed by atoms with Gasteiger partial charge in [0.15, 0.2) is 0 Å². The molecule has 29 heavy (non-hydrogen) atoms. The van der Waals surface area contributed by atoms with Gasteiger partial charge in [0.25, 0.3) is 0 Å². The second-order valence-electron chi connectivity index (χ2n) is 8.19. The Morgan fingerprint density at radius 2 is 1.69 bits per heavy atom. The van der Waals surface area contributed by atoms with E-state index in [0.717, 1.165) is 0 Å². The summed E-state index contributed by atoms with van der Waals surface area (Å²) in [6, 6.07) is -0.742. The summed E-state index contributed by atoms with van der Waals surface area (Å²) < 4.78 is 65.1. The van der Waals surface area contributed by atoms with Gasteiger partial charge >= 0.3 is 12.2 Å². The van der Waals surface area contributed by atoms with Gasteiger partial charge in [-0.1, -0.05) is 0 Å². The summed E-state index contributed by atoms with van der Waals surface area (Å²) in [5, 5.41) is 2.56. The first-order chi connectivity index (χ1) is 13.1. The minimum Gasteiger partial charge on any atom is -0.324 e. The predicted octanol–water partition coefficient (Wildman–Crippen LogP) is 3.43. The van der Waals surface area contributed by atoms with Crippen LogP contribution in [0.1, 0.15) is 50.3 Å². The van der Waals surface area contributed by atoms with E-state index >= 15 is 0 Å². The number of amides is 2. The van der Waals surface area contributed by atoms with Crippen molar-refractivity contribution in [2.24, 2.45) is 0 Å². The van der Waals surface area contributed by atoms with Crippen LogP contribution in [0.5, 0.6) is 0 Å². The van der Waals surface area contributed by atoms with E-state index in [4.69, 9.17) is 0 Å². The van der Waals surface area contributed by atoms with E-state index in [1.54, 1.807) is 20.8 Å². The quantitative estimate of drug-likeness (QED) is 0.760. The molecule has 1 aromatic heterocycles. The molecule has 0 radical (unpaired) electrons. The van der Waals surface area contributed by atoms with E-state index in [2.05, 4.69) is 15.0 Å². The number of sulfonamides is 1. The standard InChI is InChI=1S/C18H27F3N4O3S/c1-11-12(2)15(22-10-14(11)18(19,20)21)23-16(26)25-8-6-13(7-9-25)24-29(27,28)17(3,4)5/h10,13,24H,6-9H2,1-5H3,(H,22,23,26). The molecule has 0 saturated carbocycles. The van der Waals surface area contributed by atoms with Gasteiger partial charge in [0.05, 0.1) is 10.3 Å². The zero-order chi connectivity index (χ0) is 22.2. The minimum atomic E-state index is -4.51. The molecule has 2 amide bonds. The number of anilines is 1. The average Bonchev–Trinajstić information content (AvgIpc) is 2.57. The molecule has 0 unspecified atom stereocenters. The first-order valence-electron chi connectivity index (χ1n) is 9.24. The van der Waals surface area contributed by atoms with E-state index in [9.17, 15) is 26.4 Å². The molecule has 0 atom stereocenters. The number of nitrogens with zero attached hydrogens (tertiary/aromatic N) is 2. The van der Waals surface area contributed by atoms with E-state index in [1.807, 2.05) is 0 Å². The van der Waals surface area contributed by atoms with Crippen molar-refractivity contribution >= 4 is 21.9 Å². The van der Waals surface area contributed by atoms with Crippen LogP contribution in [0.4, 0.5) is 23.8 Å². The van der Waals surface area contributed by atoms with Crippen LogP contribution in [-0.2, 0) is 16.2 Å². The Balaban J connectivity index is 2.00. The van der Waals surface area contributed by atoms with Gasteiger partial charge in [-0.2, -0.15) is 13.2 Å². The number of nitrogens with one attached hydrogen (secondary N) is 2. The van der Waals surface area contributed by atoms with E-state index in [-0.39, 0.29) is 23.0 Å². The number of urea groups is 1. The molecule has 1 aliphatic heterocycles. The van der Waals surface area contributed by atoms with Gasteiger partial charge in [0.2, 0.25) is 10.0 Å². The van der Waals surface area contributed by atoms with Gasteiger partial charge in [-0.15, -0.1) is 0 Å². The number of likely N-dealkylation sites (tertiary alicyclic amines) is 1. The summed E-state index contributed by atoms with van der Waals surface area (Å²) >= 11 is 0. The molecule has 2 rings (SSSR count). The van der Waals surface area contributed by atoms with Crippen LogP contribution < -0.4 is 10.0 Å². The third kappa shape index (κ3) is 5.39. The molecule has 2 heterocycles. The molecule has 1 aromatic rings. The molecule has 11 heteroatoms. The molecule has 0 spiro atoms. The van der Waals surface area contributed by atoms with Crippen LogP contribution in [0, 0.1) is 13.8 Å². The molecule has 7 nitrogen and oxygen atoms in total. The van der Waals surface area contributed by atoms with Gasteiger partial charge in [-0.05, 0) is 58.6 Å².